The average Bonchev–Trinajstić information content (AvgIpc) is 3.59. The summed E-state index contributed by atoms with van der Waals surface area (Å²) < 4.78 is 5.42. The molecule has 4 rings (SSSR count). The number of nitrogens with one attached hydrogen (secondary N) is 3. The molecule has 1 saturated carbocycles. The lowest BCUT2D eigenvalue weighted by atomic mass is 9.85. The lowest BCUT2D eigenvalue weighted by molar-refractivity contribution is -0.146. The van der Waals surface area contributed by atoms with E-state index in [0.717, 1.165) is 18.4 Å². The first-order chi connectivity index (χ1) is 22.0. The maximum absolute atomic E-state index is 14.5. The van der Waals surface area contributed by atoms with Crippen molar-refractivity contribution in [2.75, 3.05) is 13.7 Å². The smallest absolute Gasteiger partial charge is 0.289 e. The number of benzene rings is 1. The number of Topliss-reactive ketones (excluding diaryl/α,β-unsaturated/α-hetero) is 1. The molecule has 0 bridgehead atoms. The van der Waals surface area contributed by atoms with Crippen LogP contribution >= 0.6 is 11.6 Å². The summed E-state index contributed by atoms with van der Waals surface area (Å²) in [5, 5.41) is 13.2. The number of rotatable bonds is 13. The average molecular weight is 674 g/mol. The first kappa shape index (κ1) is 36.3. The van der Waals surface area contributed by atoms with Gasteiger partial charge in [-0.3, -0.25) is 24.0 Å². The van der Waals surface area contributed by atoms with Gasteiger partial charge in [0.25, 0.3) is 5.91 Å². The number of carbonyl (C=O) groups is 5. The van der Waals surface area contributed by atoms with Crippen LogP contribution in [0.3, 0.4) is 0 Å². The van der Waals surface area contributed by atoms with Crippen molar-refractivity contribution in [1.82, 2.24) is 20.9 Å². The van der Waals surface area contributed by atoms with Gasteiger partial charge in [0.05, 0.1) is 30.3 Å². The fraction of sp³-hybridized carbons (Fsp3) is 0.647. The minimum absolute atomic E-state index is 0.0120. The Balaban J connectivity index is 1.61. The van der Waals surface area contributed by atoms with E-state index in [-0.39, 0.29) is 37.8 Å². The van der Waals surface area contributed by atoms with Crippen molar-refractivity contribution in [2.24, 2.45) is 10.6 Å². The van der Waals surface area contributed by atoms with Crippen LogP contribution in [-0.2, 0) is 33.5 Å². The second kappa shape index (κ2) is 14.3. The van der Waals surface area contributed by atoms with E-state index >= 15 is 0 Å². The summed E-state index contributed by atoms with van der Waals surface area (Å²) in [5.74, 6) is -2.88. The van der Waals surface area contributed by atoms with Crippen LogP contribution in [0.15, 0.2) is 29.4 Å². The second-order valence-corrected chi connectivity index (χ2v) is 15.1. The van der Waals surface area contributed by atoms with Crippen molar-refractivity contribution >= 4 is 46.7 Å². The predicted molar refractivity (Wildman–Crippen MR) is 177 cm³/mol. The van der Waals surface area contributed by atoms with Crippen LogP contribution in [-0.4, -0.2) is 89.0 Å². The molecule has 47 heavy (non-hydrogen) atoms. The van der Waals surface area contributed by atoms with E-state index < -0.39 is 58.2 Å². The lowest BCUT2D eigenvalue weighted by Gasteiger charge is -2.36. The zero-order chi connectivity index (χ0) is 34.7. The van der Waals surface area contributed by atoms with E-state index in [4.69, 9.17) is 21.2 Å². The molecule has 2 aliphatic heterocycles. The molecule has 2 heterocycles. The van der Waals surface area contributed by atoms with E-state index in [1.807, 2.05) is 33.8 Å². The molecule has 1 aromatic carbocycles. The zero-order valence-electron chi connectivity index (χ0n) is 28.4. The van der Waals surface area contributed by atoms with Crippen molar-refractivity contribution < 1.29 is 33.5 Å². The highest BCUT2D eigenvalue weighted by atomic mass is 35.5. The topological polar surface area (TPSA) is 156 Å². The normalized spacial score (nSPS) is 22.3. The van der Waals surface area contributed by atoms with E-state index in [1.165, 1.54) is 12.0 Å². The first-order valence-corrected chi connectivity index (χ1v) is 16.7. The Labute approximate surface area is 281 Å². The first-order valence-electron chi connectivity index (χ1n) is 16.3. The van der Waals surface area contributed by atoms with Gasteiger partial charge in [-0.25, -0.2) is 0 Å². The third-order valence-corrected chi connectivity index (χ3v) is 9.12. The highest BCUT2D eigenvalue weighted by molar-refractivity contribution is 6.38. The van der Waals surface area contributed by atoms with Crippen LogP contribution < -0.4 is 16.0 Å². The number of amides is 4. The number of carbonyl (C=O) groups excluding carboxylic acids is 5. The molecular formula is C34H48ClN5O7. The molecule has 1 spiro atoms. The number of hydrogen-bond acceptors (Lipinski definition) is 8. The van der Waals surface area contributed by atoms with Crippen LogP contribution in [0.2, 0.25) is 5.02 Å². The number of likely N-dealkylation sites (tertiary alicyclic amines) is 1. The van der Waals surface area contributed by atoms with Gasteiger partial charge in [-0.1, -0.05) is 63.0 Å². The SMILES string of the molecule is CCC[C@H](NC(=O)[C@@H]1C[C@]2(CC(c3cccc(Cl)c3)=NO2)CN1C(=O)[C@@H](NC(=O)CC(C)(C)OC)C(C)(C)C)C(=O)C(=O)NC1CC1. The number of ether oxygens (including phenoxy) is 1. The summed E-state index contributed by atoms with van der Waals surface area (Å²) in [6.07, 6.45) is 2.83. The molecule has 2 fully saturated rings. The molecule has 4 amide bonds. The van der Waals surface area contributed by atoms with Crippen molar-refractivity contribution in [2.45, 2.75) is 122 Å². The minimum Gasteiger partial charge on any atom is -0.387 e. The van der Waals surface area contributed by atoms with Gasteiger partial charge in [0.15, 0.2) is 5.60 Å². The molecule has 0 unspecified atom stereocenters. The zero-order valence-corrected chi connectivity index (χ0v) is 29.2. The number of ketones is 1. The van der Waals surface area contributed by atoms with E-state index in [0.29, 0.717) is 23.6 Å². The highest BCUT2D eigenvalue weighted by Crippen LogP contribution is 2.40. The Kier molecular flexibility index (Phi) is 11.1. The number of methoxy groups -OCH3 is 1. The van der Waals surface area contributed by atoms with Gasteiger partial charge in [-0.15, -0.1) is 0 Å². The molecule has 0 aromatic heterocycles. The third-order valence-electron chi connectivity index (χ3n) is 8.89. The Morgan fingerprint density at radius 3 is 2.43 bits per heavy atom. The summed E-state index contributed by atoms with van der Waals surface area (Å²) in [6, 6.07) is 4.04. The molecular weight excluding hydrogens is 626 g/mol. The summed E-state index contributed by atoms with van der Waals surface area (Å²) in [5.41, 5.74) is -1.14. The van der Waals surface area contributed by atoms with Gasteiger partial charge in [0, 0.05) is 36.6 Å². The Hall–Kier alpha value is -3.51. The fourth-order valence-corrected chi connectivity index (χ4v) is 6.10. The number of oxime groups is 1. The Morgan fingerprint density at radius 2 is 1.83 bits per heavy atom. The largest absolute Gasteiger partial charge is 0.387 e. The van der Waals surface area contributed by atoms with E-state index in [2.05, 4.69) is 21.1 Å². The van der Waals surface area contributed by atoms with Gasteiger partial charge in [0.1, 0.15) is 12.1 Å². The van der Waals surface area contributed by atoms with Gasteiger partial charge < -0.3 is 30.4 Å². The molecule has 0 radical (unpaired) electrons. The van der Waals surface area contributed by atoms with Crippen LogP contribution in [0.4, 0.5) is 0 Å². The number of nitrogens with zero attached hydrogens (tertiary/aromatic N) is 2. The van der Waals surface area contributed by atoms with E-state index in [9.17, 15) is 24.0 Å². The summed E-state index contributed by atoms with van der Waals surface area (Å²) in [4.78, 5) is 74.9. The molecule has 4 atom stereocenters. The highest BCUT2D eigenvalue weighted by Gasteiger charge is 2.55. The number of halogens is 1. The monoisotopic (exact) mass is 673 g/mol. The van der Waals surface area contributed by atoms with Crippen molar-refractivity contribution in [3.8, 4) is 0 Å². The maximum Gasteiger partial charge on any atom is 0.289 e. The molecule has 1 aliphatic carbocycles. The van der Waals surface area contributed by atoms with Gasteiger partial charge >= 0.3 is 0 Å². The minimum atomic E-state index is -1.06. The Bertz CT molecular complexity index is 1420. The fourth-order valence-electron chi connectivity index (χ4n) is 5.91. The summed E-state index contributed by atoms with van der Waals surface area (Å²) in [6.45, 7) is 10.9. The molecule has 1 saturated heterocycles. The van der Waals surface area contributed by atoms with Crippen molar-refractivity contribution in [3.05, 3.63) is 34.9 Å². The third kappa shape index (κ3) is 9.10. The molecule has 1 aromatic rings. The summed E-state index contributed by atoms with van der Waals surface area (Å²) in [7, 11) is 1.51. The molecule has 3 N–H and O–H groups in total. The maximum atomic E-state index is 14.5. The quantitative estimate of drug-likeness (QED) is 0.272. The van der Waals surface area contributed by atoms with Gasteiger partial charge in [0.2, 0.25) is 23.5 Å². The molecule has 3 aliphatic rings. The van der Waals surface area contributed by atoms with Crippen LogP contribution in [0.5, 0.6) is 0 Å². The van der Waals surface area contributed by atoms with Crippen LogP contribution in [0.25, 0.3) is 0 Å². The molecule has 13 heteroatoms. The lowest BCUT2D eigenvalue weighted by Crippen LogP contribution is -2.59. The van der Waals surface area contributed by atoms with Gasteiger partial charge in [-0.2, -0.15) is 0 Å². The van der Waals surface area contributed by atoms with Gasteiger partial charge in [-0.05, 0) is 50.7 Å². The predicted octanol–water partition coefficient (Wildman–Crippen LogP) is 3.28. The second-order valence-electron chi connectivity index (χ2n) is 14.7. The van der Waals surface area contributed by atoms with E-state index in [1.54, 1.807) is 32.0 Å². The number of hydrogen-bond donors (Lipinski definition) is 3. The van der Waals surface area contributed by atoms with Crippen LogP contribution in [0.1, 0.15) is 92.1 Å². The van der Waals surface area contributed by atoms with Crippen molar-refractivity contribution in [1.29, 1.82) is 0 Å². The molecule has 12 nitrogen and oxygen atoms in total. The van der Waals surface area contributed by atoms with Crippen molar-refractivity contribution in [3.63, 3.8) is 0 Å². The molecule has 258 valence electrons. The summed E-state index contributed by atoms with van der Waals surface area (Å²) >= 11 is 6.23. The Morgan fingerprint density at radius 1 is 1.13 bits per heavy atom. The van der Waals surface area contributed by atoms with Crippen LogP contribution in [0, 0.1) is 5.41 Å². The standard InChI is InChI=1S/C34H48ClN5O7/c1-8-10-23(27(42)30(44)36-22-13-14-22)37-29(43)25-17-34(16-24(39-47-34)20-11-9-12-21(35)15-20)19-40(25)31(45)28(32(2,3)4)38-26(41)18-33(5,6)46-7/h9,11-12,15,22-23,25,28H,8,10,13-14,16-19H2,1-7H3,(H,36,44)(H,37,43)(H,38,41)/t23-,25-,28+,34+/m0/s1.